The number of thiophene rings is 1. The first kappa shape index (κ1) is 19.6. The van der Waals surface area contributed by atoms with Crippen LogP contribution in [0.4, 0.5) is 0 Å². The van der Waals surface area contributed by atoms with Gasteiger partial charge in [0.2, 0.25) is 0 Å². The third-order valence-electron chi connectivity index (χ3n) is 5.99. The summed E-state index contributed by atoms with van der Waals surface area (Å²) in [6.07, 6.45) is 7.11. The molecule has 2 heteroatoms. The Morgan fingerprint density at radius 2 is 1.22 bits per heavy atom. The van der Waals surface area contributed by atoms with Crippen molar-refractivity contribution < 1.29 is 0 Å². The van der Waals surface area contributed by atoms with Crippen LogP contribution >= 0.6 is 23.1 Å². The van der Waals surface area contributed by atoms with E-state index in [1.807, 2.05) is 23.1 Å². The van der Waals surface area contributed by atoms with Crippen LogP contribution in [0.5, 0.6) is 0 Å². The molecule has 0 spiro atoms. The van der Waals surface area contributed by atoms with Crippen molar-refractivity contribution in [3.63, 3.8) is 0 Å². The first-order valence-electron chi connectivity index (χ1n) is 11.0. The van der Waals surface area contributed by atoms with Gasteiger partial charge >= 0.3 is 0 Å². The lowest BCUT2D eigenvalue weighted by molar-refractivity contribution is 1.13. The second-order valence-corrected chi connectivity index (χ2v) is 10.3. The van der Waals surface area contributed by atoms with Crippen molar-refractivity contribution in [2.45, 2.75) is 22.6 Å². The van der Waals surface area contributed by atoms with Gasteiger partial charge in [-0.05, 0) is 64.6 Å². The highest BCUT2D eigenvalue weighted by atomic mass is 32.2. The maximum atomic E-state index is 2.40. The van der Waals surface area contributed by atoms with Gasteiger partial charge in [0.05, 0.1) is 0 Å². The van der Waals surface area contributed by atoms with E-state index in [1.54, 1.807) is 0 Å². The lowest BCUT2D eigenvalue weighted by Gasteiger charge is -2.07. The van der Waals surface area contributed by atoms with Gasteiger partial charge in [-0.3, -0.25) is 0 Å². The van der Waals surface area contributed by atoms with Gasteiger partial charge in [0.1, 0.15) is 0 Å². The highest BCUT2D eigenvalue weighted by molar-refractivity contribution is 7.99. The largest absolute Gasteiger partial charge is 0.135 e. The van der Waals surface area contributed by atoms with Crippen molar-refractivity contribution >= 4 is 45.3 Å². The van der Waals surface area contributed by atoms with Gasteiger partial charge in [0.25, 0.3) is 0 Å². The van der Waals surface area contributed by atoms with Crippen LogP contribution in [0.2, 0.25) is 0 Å². The van der Waals surface area contributed by atoms with Crippen LogP contribution < -0.4 is 9.75 Å². The molecule has 0 unspecified atom stereocenters. The fraction of sp³-hybridized carbons (Fsp3) is 0.0667. The monoisotopic (exact) mass is 446 g/mol. The number of fused-ring (bicyclic) bond motifs is 3. The van der Waals surface area contributed by atoms with E-state index in [-0.39, 0.29) is 0 Å². The van der Waals surface area contributed by atoms with Gasteiger partial charge < -0.3 is 0 Å². The Morgan fingerprint density at radius 1 is 0.562 bits per heavy atom. The second kappa shape index (κ2) is 8.46. The summed E-state index contributed by atoms with van der Waals surface area (Å²) in [5.74, 6) is 0. The molecule has 1 aromatic heterocycles. The van der Waals surface area contributed by atoms with E-state index in [1.165, 1.54) is 51.9 Å². The smallest absolute Gasteiger partial charge is 0.0433 e. The molecule has 32 heavy (non-hydrogen) atoms. The minimum Gasteiger partial charge on any atom is -0.135 e. The molecule has 4 aromatic carbocycles. The highest BCUT2D eigenvalue weighted by Gasteiger charge is 2.10. The van der Waals surface area contributed by atoms with E-state index >= 15 is 0 Å². The molecule has 0 saturated carbocycles. The van der Waals surface area contributed by atoms with Gasteiger partial charge in [0, 0.05) is 24.4 Å². The van der Waals surface area contributed by atoms with E-state index in [2.05, 4.69) is 109 Å². The quantitative estimate of drug-likeness (QED) is 0.272. The van der Waals surface area contributed by atoms with Crippen LogP contribution in [0.25, 0.3) is 44.5 Å². The Balaban J connectivity index is 1.27. The van der Waals surface area contributed by atoms with Gasteiger partial charge in [-0.2, -0.15) is 0 Å². The zero-order chi connectivity index (χ0) is 21.3. The average Bonchev–Trinajstić information content (AvgIpc) is 3.25. The first-order chi connectivity index (χ1) is 15.8. The lowest BCUT2D eigenvalue weighted by Crippen LogP contribution is -2.20. The molecule has 0 atom stereocenters. The molecule has 6 rings (SSSR count). The van der Waals surface area contributed by atoms with Crippen LogP contribution in [0.3, 0.4) is 0 Å². The van der Waals surface area contributed by atoms with E-state index in [0.29, 0.717) is 0 Å². The minimum atomic E-state index is 1.15. The van der Waals surface area contributed by atoms with Crippen molar-refractivity contribution in [1.29, 1.82) is 0 Å². The summed E-state index contributed by atoms with van der Waals surface area (Å²) in [4.78, 5) is 2.53. The SMILES string of the molecule is C1=c2sc3c(-c4ccc(Sc5ccc(-c6ccccc6)cc5)cc4)cccc3c2=CCC1. The third kappa shape index (κ3) is 3.70. The number of hydrogen-bond donors (Lipinski definition) is 0. The molecule has 0 saturated heterocycles. The topological polar surface area (TPSA) is 0 Å². The maximum absolute atomic E-state index is 2.40. The average molecular weight is 447 g/mol. The van der Waals surface area contributed by atoms with Gasteiger partial charge in [-0.15, -0.1) is 11.3 Å². The normalized spacial score (nSPS) is 12.8. The molecule has 0 N–H and O–H groups in total. The molecular formula is C30H22S2. The molecule has 0 aliphatic heterocycles. The minimum absolute atomic E-state index is 1.15. The number of rotatable bonds is 4. The molecule has 0 nitrogen and oxygen atoms in total. The zero-order valence-corrected chi connectivity index (χ0v) is 19.3. The predicted octanol–water partition coefficient (Wildman–Crippen LogP) is 7.74. The molecule has 154 valence electrons. The molecule has 0 fully saturated rings. The fourth-order valence-electron chi connectivity index (χ4n) is 4.37. The van der Waals surface area contributed by atoms with Gasteiger partial charge in [-0.25, -0.2) is 0 Å². The maximum Gasteiger partial charge on any atom is 0.0433 e. The van der Waals surface area contributed by atoms with Crippen LogP contribution in [0, 0.1) is 0 Å². The van der Waals surface area contributed by atoms with Crippen LogP contribution in [-0.4, -0.2) is 0 Å². The Hall–Kier alpha value is -3.07. The molecule has 0 bridgehead atoms. The fourth-order valence-corrected chi connectivity index (χ4v) is 6.50. The third-order valence-corrected chi connectivity index (χ3v) is 8.26. The van der Waals surface area contributed by atoms with Crippen LogP contribution in [0.15, 0.2) is 107 Å². The van der Waals surface area contributed by atoms with E-state index in [9.17, 15) is 0 Å². The molecule has 1 aliphatic carbocycles. The van der Waals surface area contributed by atoms with E-state index in [0.717, 1.165) is 12.8 Å². The molecule has 0 amide bonds. The number of benzene rings is 4. The highest BCUT2D eigenvalue weighted by Crippen LogP contribution is 2.34. The summed E-state index contributed by atoms with van der Waals surface area (Å²) in [7, 11) is 0. The van der Waals surface area contributed by atoms with Crippen LogP contribution in [-0.2, 0) is 0 Å². The Labute approximate surface area is 196 Å². The standard InChI is InChI=1S/C30H22S2/c1-2-7-21(8-3-1)22-13-17-24(18-14-22)31-25-19-15-23(16-20-25)26-10-6-11-28-27-9-4-5-12-29(27)32-30(26)28/h1-3,6-20H,4-5H2. The zero-order valence-electron chi connectivity index (χ0n) is 17.6. The number of hydrogen-bond acceptors (Lipinski definition) is 2. The van der Waals surface area contributed by atoms with Gasteiger partial charge in [-0.1, -0.05) is 96.7 Å². The van der Waals surface area contributed by atoms with E-state index in [4.69, 9.17) is 0 Å². The Morgan fingerprint density at radius 3 is 1.97 bits per heavy atom. The first-order valence-corrected chi connectivity index (χ1v) is 12.6. The lowest BCUT2D eigenvalue weighted by atomic mass is 10.0. The summed E-state index contributed by atoms with van der Waals surface area (Å²) >= 11 is 3.75. The molecule has 1 aliphatic rings. The van der Waals surface area contributed by atoms with Crippen LogP contribution in [0.1, 0.15) is 12.8 Å². The summed E-state index contributed by atoms with van der Waals surface area (Å²) in [5, 5.41) is 2.83. The van der Waals surface area contributed by atoms with Crippen molar-refractivity contribution in [1.82, 2.24) is 0 Å². The van der Waals surface area contributed by atoms with Crippen molar-refractivity contribution in [2.75, 3.05) is 0 Å². The summed E-state index contributed by atoms with van der Waals surface area (Å²) in [6.45, 7) is 0. The summed E-state index contributed by atoms with van der Waals surface area (Å²) < 4.78 is 2.84. The molecular weight excluding hydrogens is 424 g/mol. The Kier molecular flexibility index (Phi) is 5.18. The van der Waals surface area contributed by atoms with Crippen molar-refractivity contribution in [2.24, 2.45) is 0 Å². The van der Waals surface area contributed by atoms with Crippen molar-refractivity contribution in [3.05, 3.63) is 107 Å². The van der Waals surface area contributed by atoms with Gasteiger partial charge in [0.15, 0.2) is 0 Å². The second-order valence-electron chi connectivity index (χ2n) is 8.06. The molecule has 1 heterocycles. The Bertz CT molecular complexity index is 1510. The predicted molar refractivity (Wildman–Crippen MR) is 141 cm³/mol. The summed E-state index contributed by atoms with van der Waals surface area (Å²) in [5.41, 5.74) is 5.14. The van der Waals surface area contributed by atoms with E-state index < -0.39 is 0 Å². The summed E-state index contributed by atoms with van der Waals surface area (Å²) in [6, 6.07) is 35.1. The molecule has 5 aromatic rings. The molecule has 0 radical (unpaired) electrons. The van der Waals surface area contributed by atoms with Crippen molar-refractivity contribution in [3.8, 4) is 22.3 Å².